The number of carbonyl (C=O) groups excluding carboxylic acids is 1. The maximum absolute atomic E-state index is 11.7. The van der Waals surface area contributed by atoms with Crippen LogP contribution in [0.25, 0.3) is 0 Å². The smallest absolute Gasteiger partial charge is 0.408 e. The minimum absolute atomic E-state index is 0.191. The van der Waals surface area contributed by atoms with Crippen LogP contribution in [0.5, 0.6) is 0 Å². The molecule has 0 saturated heterocycles. The number of carbonyl (C=O) groups is 2. The number of nitrogens with one attached hydrogen (secondary N) is 1. The van der Waals surface area contributed by atoms with Crippen LogP contribution in [0, 0.1) is 0 Å². The van der Waals surface area contributed by atoms with Crippen molar-refractivity contribution < 1.29 is 19.4 Å². The molecule has 5 heteroatoms. The maximum Gasteiger partial charge on any atom is 0.408 e. The largest absolute Gasteiger partial charge is 0.481 e. The minimum Gasteiger partial charge on any atom is -0.481 e. The molecule has 0 spiro atoms. The van der Waals surface area contributed by atoms with Crippen LogP contribution in [-0.4, -0.2) is 22.8 Å². The van der Waals surface area contributed by atoms with Crippen molar-refractivity contribution in [2.45, 2.75) is 38.8 Å². The molecule has 0 radical (unpaired) electrons. The molecule has 0 aliphatic carbocycles. The van der Waals surface area contributed by atoms with Gasteiger partial charge in [-0.25, -0.2) is 4.79 Å². The number of amides is 1. The van der Waals surface area contributed by atoms with Crippen molar-refractivity contribution >= 4 is 12.1 Å². The van der Waals surface area contributed by atoms with Gasteiger partial charge in [-0.1, -0.05) is 30.3 Å². The summed E-state index contributed by atoms with van der Waals surface area (Å²) in [5.41, 5.74) is 0.116. The summed E-state index contributed by atoms with van der Waals surface area (Å²) in [7, 11) is 0. The maximum atomic E-state index is 11.7. The number of rotatable bonds is 4. The second-order valence-electron chi connectivity index (χ2n) is 5.21. The van der Waals surface area contributed by atoms with Crippen molar-refractivity contribution in [2.75, 3.05) is 0 Å². The molecule has 0 aliphatic rings. The molecule has 0 aromatic heterocycles. The van der Waals surface area contributed by atoms with Gasteiger partial charge in [-0.3, -0.25) is 4.79 Å². The summed E-state index contributed by atoms with van der Waals surface area (Å²) < 4.78 is 5.13. The van der Waals surface area contributed by atoms with Gasteiger partial charge in [0.2, 0.25) is 0 Å². The lowest BCUT2D eigenvalue weighted by Gasteiger charge is -2.23. The van der Waals surface area contributed by atoms with Gasteiger partial charge in [0.25, 0.3) is 0 Å². The molecule has 5 nitrogen and oxygen atoms in total. The number of hydrogen-bond donors (Lipinski definition) is 2. The molecule has 1 atom stereocenters. The SMILES string of the molecule is CC(C)(C)OC(=O)N[C@@H](CC(=O)O)c1ccccc1. The molecule has 0 heterocycles. The molecule has 0 unspecified atom stereocenters. The molecule has 0 aliphatic heterocycles. The number of benzene rings is 1. The first-order valence-electron chi connectivity index (χ1n) is 6.04. The van der Waals surface area contributed by atoms with E-state index in [0.717, 1.165) is 5.56 Å². The molecule has 1 aromatic rings. The first-order chi connectivity index (χ1) is 8.78. The Balaban J connectivity index is 2.76. The van der Waals surface area contributed by atoms with Crippen molar-refractivity contribution in [3.8, 4) is 0 Å². The van der Waals surface area contributed by atoms with Gasteiger partial charge in [0.05, 0.1) is 12.5 Å². The number of ether oxygens (including phenoxy) is 1. The monoisotopic (exact) mass is 265 g/mol. The Bertz CT molecular complexity index is 437. The summed E-state index contributed by atoms with van der Waals surface area (Å²) in [6.07, 6.45) is -0.814. The van der Waals surface area contributed by atoms with Gasteiger partial charge >= 0.3 is 12.1 Å². The molecular weight excluding hydrogens is 246 g/mol. The zero-order chi connectivity index (χ0) is 14.5. The zero-order valence-corrected chi connectivity index (χ0v) is 11.3. The van der Waals surface area contributed by atoms with Gasteiger partial charge < -0.3 is 15.2 Å². The Labute approximate surface area is 112 Å². The quantitative estimate of drug-likeness (QED) is 0.877. The fourth-order valence-electron chi connectivity index (χ4n) is 1.56. The number of hydrogen-bond acceptors (Lipinski definition) is 3. The van der Waals surface area contributed by atoms with Crippen LogP contribution < -0.4 is 5.32 Å². The highest BCUT2D eigenvalue weighted by molar-refractivity contribution is 5.72. The van der Waals surface area contributed by atoms with E-state index < -0.39 is 23.7 Å². The third-order valence-electron chi connectivity index (χ3n) is 2.27. The summed E-state index contributed by atoms with van der Waals surface area (Å²) in [6, 6.07) is 8.35. The van der Waals surface area contributed by atoms with Gasteiger partial charge in [0, 0.05) is 0 Å². The van der Waals surface area contributed by atoms with Crippen molar-refractivity contribution in [3.05, 3.63) is 35.9 Å². The van der Waals surface area contributed by atoms with Crippen LogP contribution in [0.3, 0.4) is 0 Å². The topological polar surface area (TPSA) is 75.6 Å². The third kappa shape index (κ3) is 5.90. The van der Waals surface area contributed by atoms with E-state index >= 15 is 0 Å². The standard InChI is InChI=1S/C14H19NO4/c1-14(2,3)19-13(18)15-11(9-12(16)17)10-7-5-4-6-8-10/h4-8,11H,9H2,1-3H3,(H,15,18)(H,16,17)/t11-/m0/s1. The predicted octanol–water partition coefficient (Wildman–Crippen LogP) is 2.73. The molecule has 19 heavy (non-hydrogen) atoms. The highest BCUT2D eigenvalue weighted by Gasteiger charge is 2.22. The lowest BCUT2D eigenvalue weighted by Crippen LogP contribution is -2.35. The fourth-order valence-corrected chi connectivity index (χ4v) is 1.56. The number of carboxylic acids is 1. The first kappa shape index (κ1) is 15.0. The van der Waals surface area contributed by atoms with Gasteiger partial charge in [-0.05, 0) is 26.3 Å². The van der Waals surface area contributed by atoms with E-state index in [0.29, 0.717) is 0 Å². The van der Waals surface area contributed by atoms with Crippen molar-refractivity contribution in [2.24, 2.45) is 0 Å². The Morgan fingerprint density at radius 1 is 1.26 bits per heavy atom. The molecule has 0 saturated carbocycles. The zero-order valence-electron chi connectivity index (χ0n) is 11.3. The number of aliphatic carboxylic acids is 1. The van der Waals surface area contributed by atoms with E-state index in [4.69, 9.17) is 9.84 Å². The molecule has 1 rings (SSSR count). The average Bonchev–Trinajstić information content (AvgIpc) is 2.26. The Morgan fingerprint density at radius 2 is 1.84 bits per heavy atom. The van der Waals surface area contributed by atoms with E-state index in [9.17, 15) is 9.59 Å². The highest BCUT2D eigenvalue weighted by Crippen LogP contribution is 2.17. The second-order valence-corrected chi connectivity index (χ2v) is 5.21. The van der Waals surface area contributed by atoms with E-state index in [-0.39, 0.29) is 6.42 Å². The fraction of sp³-hybridized carbons (Fsp3) is 0.429. The first-order valence-corrected chi connectivity index (χ1v) is 6.04. The van der Waals surface area contributed by atoms with Crippen LogP contribution in [0.2, 0.25) is 0 Å². The highest BCUT2D eigenvalue weighted by atomic mass is 16.6. The average molecular weight is 265 g/mol. The normalized spacial score (nSPS) is 12.6. The third-order valence-corrected chi connectivity index (χ3v) is 2.27. The van der Waals surface area contributed by atoms with Crippen molar-refractivity contribution in [3.63, 3.8) is 0 Å². The Hall–Kier alpha value is -2.04. The lowest BCUT2D eigenvalue weighted by molar-refractivity contribution is -0.137. The van der Waals surface area contributed by atoms with Crippen LogP contribution in [-0.2, 0) is 9.53 Å². The number of carboxylic acid groups (broad SMARTS) is 1. The van der Waals surface area contributed by atoms with E-state index in [1.54, 1.807) is 45.0 Å². The lowest BCUT2D eigenvalue weighted by atomic mass is 10.0. The number of alkyl carbamates (subject to hydrolysis) is 1. The van der Waals surface area contributed by atoms with Crippen LogP contribution in [0.4, 0.5) is 4.79 Å². The van der Waals surface area contributed by atoms with Crippen molar-refractivity contribution in [1.82, 2.24) is 5.32 Å². The molecule has 104 valence electrons. The van der Waals surface area contributed by atoms with Gasteiger partial charge in [-0.15, -0.1) is 0 Å². The van der Waals surface area contributed by atoms with Gasteiger partial charge in [0.15, 0.2) is 0 Å². The van der Waals surface area contributed by atoms with Gasteiger partial charge in [-0.2, -0.15) is 0 Å². The van der Waals surface area contributed by atoms with Crippen LogP contribution in [0.1, 0.15) is 38.8 Å². The van der Waals surface area contributed by atoms with E-state index in [2.05, 4.69) is 5.32 Å². The summed E-state index contributed by atoms with van der Waals surface area (Å²) in [5, 5.41) is 11.5. The molecule has 0 fully saturated rings. The van der Waals surface area contributed by atoms with Crippen LogP contribution >= 0.6 is 0 Å². The van der Waals surface area contributed by atoms with E-state index in [1.807, 2.05) is 6.07 Å². The molecule has 2 N–H and O–H groups in total. The minimum atomic E-state index is -0.982. The molecule has 1 amide bonds. The van der Waals surface area contributed by atoms with Gasteiger partial charge in [0.1, 0.15) is 5.60 Å². The second kappa shape index (κ2) is 6.22. The Morgan fingerprint density at radius 3 is 2.32 bits per heavy atom. The van der Waals surface area contributed by atoms with Crippen molar-refractivity contribution in [1.29, 1.82) is 0 Å². The molecular formula is C14H19NO4. The summed E-state index contributed by atoms with van der Waals surface area (Å²) in [5.74, 6) is -0.982. The van der Waals surface area contributed by atoms with E-state index in [1.165, 1.54) is 0 Å². The summed E-state index contributed by atoms with van der Waals surface area (Å²) >= 11 is 0. The molecule has 1 aromatic carbocycles. The summed E-state index contributed by atoms with van der Waals surface area (Å²) in [6.45, 7) is 5.25. The van der Waals surface area contributed by atoms with Crippen LogP contribution in [0.15, 0.2) is 30.3 Å². The predicted molar refractivity (Wildman–Crippen MR) is 70.8 cm³/mol. The summed E-state index contributed by atoms with van der Waals surface area (Å²) in [4.78, 5) is 22.6. The Kier molecular flexibility index (Phi) is 4.92. The molecule has 0 bridgehead atoms.